The van der Waals surface area contributed by atoms with E-state index in [-0.39, 0.29) is 27.9 Å². The minimum absolute atomic E-state index is 0.0745. The summed E-state index contributed by atoms with van der Waals surface area (Å²) in [5.74, 6) is 1.38. The van der Waals surface area contributed by atoms with E-state index in [2.05, 4.69) is 31.4 Å². The lowest BCUT2D eigenvalue weighted by Crippen LogP contribution is -2.03. The van der Waals surface area contributed by atoms with E-state index in [1.165, 1.54) is 31.4 Å². The van der Waals surface area contributed by atoms with Crippen molar-refractivity contribution in [3.8, 4) is 22.8 Å². The number of fused-ring (bicyclic) bond motifs is 2. The van der Waals surface area contributed by atoms with Gasteiger partial charge >= 0.3 is 0 Å². The highest BCUT2D eigenvalue weighted by Crippen LogP contribution is 2.34. The van der Waals surface area contributed by atoms with Crippen molar-refractivity contribution in [2.45, 2.75) is 53.0 Å². The third kappa shape index (κ3) is 4.52. The van der Waals surface area contributed by atoms with Crippen LogP contribution >= 0.6 is 0 Å². The van der Waals surface area contributed by atoms with Crippen LogP contribution in [0.25, 0.3) is 33.2 Å². The Kier molecular flexibility index (Phi) is 6.26. The molecule has 2 N–H and O–H groups in total. The Morgan fingerprint density at radius 1 is 1.00 bits per heavy atom. The lowest BCUT2D eigenvalue weighted by molar-refractivity contribution is 0.417. The van der Waals surface area contributed by atoms with Crippen molar-refractivity contribution in [3.63, 3.8) is 0 Å². The van der Waals surface area contributed by atoms with Crippen LogP contribution in [-0.4, -0.2) is 14.8 Å². The summed E-state index contributed by atoms with van der Waals surface area (Å²) in [7, 11) is 0. The summed E-state index contributed by atoms with van der Waals surface area (Å²) in [4.78, 5) is 12.7. The molecule has 0 saturated carbocycles. The monoisotopic (exact) mass is 433 g/mol. The van der Waals surface area contributed by atoms with Gasteiger partial charge in [-0.15, -0.1) is 0 Å². The molecular weight excluding hydrogens is 402 g/mol. The van der Waals surface area contributed by atoms with E-state index in [0.717, 1.165) is 41.4 Å². The summed E-state index contributed by atoms with van der Waals surface area (Å²) in [6.45, 7) is 7.75. The highest BCUT2D eigenvalue weighted by molar-refractivity contribution is 5.96. The van der Waals surface area contributed by atoms with Crippen molar-refractivity contribution < 1.29 is 14.6 Å². The van der Waals surface area contributed by atoms with Crippen molar-refractivity contribution in [3.05, 3.63) is 58.9 Å². The molecule has 4 rings (SSSR count). The maximum Gasteiger partial charge on any atom is 0.197 e. The molecule has 1 atom stereocenters. The average molecular weight is 434 g/mol. The highest BCUT2D eigenvalue weighted by Gasteiger charge is 2.16. The van der Waals surface area contributed by atoms with Gasteiger partial charge < -0.3 is 19.2 Å². The predicted molar refractivity (Wildman–Crippen MR) is 129 cm³/mol. The van der Waals surface area contributed by atoms with Crippen LogP contribution in [0, 0.1) is 11.8 Å². The average Bonchev–Trinajstić information content (AvgIpc) is 3.10. The second-order valence-corrected chi connectivity index (χ2v) is 9.28. The van der Waals surface area contributed by atoms with Crippen LogP contribution in [0.5, 0.6) is 11.5 Å². The van der Waals surface area contributed by atoms with Crippen LogP contribution in [0.1, 0.15) is 46.5 Å². The fraction of sp³-hybridized carbons (Fsp3) is 0.370. The first kappa shape index (κ1) is 22.0. The fourth-order valence-corrected chi connectivity index (χ4v) is 4.39. The number of nitrogens with zero attached hydrogens (tertiary/aromatic N) is 1. The second-order valence-electron chi connectivity index (χ2n) is 9.28. The Morgan fingerprint density at radius 2 is 1.78 bits per heavy atom. The number of phenolic OH excluding ortho intramolecular Hbond substituents is 2. The molecule has 2 aromatic carbocycles. The Labute approximate surface area is 187 Å². The van der Waals surface area contributed by atoms with Crippen molar-refractivity contribution in [1.82, 2.24) is 4.57 Å². The van der Waals surface area contributed by atoms with Gasteiger partial charge in [0, 0.05) is 47.4 Å². The van der Waals surface area contributed by atoms with Gasteiger partial charge in [-0.1, -0.05) is 58.2 Å². The van der Waals surface area contributed by atoms with Gasteiger partial charge in [0.2, 0.25) is 0 Å². The standard InChI is InChI=1S/C27H31NO4/c1-17(2)7-6-8-18(3)11-12-28-16-21(20-9-4-5-10-22(20)28)25-15-24(31)27-23(30)13-19(29)14-26(27)32-25/h4-5,9-10,13-18,29-30H,6-8,11-12H2,1-3H3. The highest BCUT2D eigenvalue weighted by atomic mass is 16.3. The van der Waals surface area contributed by atoms with E-state index in [1.807, 2.05) is 24.4 Å². The molecule has 5 nitrogen and oxygen atoms in total. The lowest BCUT2D eigenvalue weighted by Gasteiger charge is -2.13. The molecule has 0 saturated heterocycles. The normalized spacial score (nSPS) is 12.8. The summed E-state index contributed by atoms with van der Waals surface area (Å²) >= 11 is 0. The SMILES string of the molecule is CC(C)CCCC(C)CCn1cc(-c2cc(=O)c3c(O)cc(O)cc3o2)c2ccccc21. The molecule has 1 unspecified atom stereocenters. The van der Waals surface area contributed by atoms with Gasteiger partial charge in [-0.05, 0) is 24.3 Å². The number of benzene rings is 2. The van der Waals surface area contributed by atoms with E-state index >= 15 is 0 Å². The maximum atomic E-state index is 12.7. The molecule has 0 aliphatic rings. The first-order chi connectivity index (χ1) is 15.3. The van der Waals surface area contributed by atoms with Crippen LogP contribution in [0.4, 0.5) is 0 Å². The molecule has 0 radical (unpaired) electrons. The second kappa shape index (κ2) is 9.11. The zero-order valence-electron chi connectivity index (χ0n) is 19.0. The van der Waals surface area contributed by atoms with Gasteiger partial charge in [-0.25, -0.2) is 0 Å². The Bertz CT molecular complexity index is 1300. The third-order valence-electron chi connectivity index (χ3n) is 6.19. The molecule has 0 spiro atoms. The van der Waals surface area contributed by atoms with Gasteiger partial charge in [-0.2, -0.15) is 0 Å². The number of aryl methyl sites for hydroxylation is 1. The summed E-state index contributed by atoms with van der Waals surface area (Å²) < 4.78 is 8.21. The number of aromatic nitrogens is 1. The van der Waals surface area contributed by atoms with E-state index < -0.39 is 0 Å². The molecule has 0 fully saturated rings. The molecule has 0 aliphatic carbocycles. The predicted octanol–water partition coefficient (Wildman–Crippen LogP) is 6.68. The zero-order chi connectivity index (χ0) is 22.8. The van der Waals surface area contributed by atoms with Gasteiger partial charge in [0.15, 0.2) is 5.43 Å². The number of aromatic hydroxyl groups is 2. The number of hydrogen-bond donors (Lipinski definition) is 2. The molecule has 0 aliphatic heterocycles. The van der Waals surface area contributed by atoms with Crippen LogP contribution < -0.4 is 5.43 Å². The number of phenols is 2. The van der Waals surface area contributed by atoms with Gasteiger partial charge in [0.25, 0.3) is 0 Å². The molecule has 5 heteroatoms. The molecule has 2 heterocycles. The zero-order valence-corrected chi connectivity index (χ0v) is 19.0. The molecule has 0 amide bonds. The Morgan fingerprint density at radius 3 is 2.56 bits per heavy atom. The minimum atomic E-state index is -0.339. The molecule has 0 bridgehead atoms. The molecule has 2 aromatic heterocycles. The maximum absolute atomic E-state index is 12.7. The third-order valence-corrected chi connectivity index (χ3v) is 6.19. The van der Waals surface area contributed by atoms with E-state index in [9.17, 15) is 15.0 Å². The van der Waals surface area contributed by atoms with Crippen molar-refractivity contribution in [1.29, 1.82) is 0 Å². The number of para-hydroxylation sites is 1. The largest absolute Gasteiger partial charge is 0.508 e. The molecule has 32 heavy (non-hydrogen) atoms. The summed E-state index contributed by atoms with van der Waals surface area (Å²) in [5.41, 5.74) is 1.75. The van der Waals surface area contributed by atoms with Crippen molar-refractivity contribution >= 4 is 21.9 Å². The van der Waals surface area contributed by atoms with Crippen LogP contribution in [-0.2, 0) is 6.54 Å². The van der Waals surface area contributed by atoms with Gasteiger partial charge in [-0.3, -0.25) is 4.79 Å². The molecular formula is C27H31NO4. The van der Waals surface area contributed by atoms with E-state index in [4.69, 9.17) is 4.42 Å². The first-order valence-corrected chi connectivity index (χ1v) is 11.4. The van der Waals surface area contributed by atoms with Crippen LogP contribution in [0.15, 0.2) is 57.9 Å². The Hall–Kier alpha value is -3.21. The lowest BCUT2D eigenvalue weighted by atomic mass is 9.97. The quantitative estimate of drug-likeness (QED) is 0.325. The van der Waals surface area contributed by atoms with Crippen molar-refractivity contribution in [2.75, 3.05) is 0 Å². The number of hydrogen-bond acceptors (Lipinski definition) is 4. The minimum Gasteiger partial charge on any atom is -0.508 e. The Balaban J connectivity index is 1.67. The van der Waals surface area contributed by atoms with Gasteiger partial charge in [0.1, 0.15) is 28.2 Å². The summed E-state index contributed by atoms with van der Waals surface area (Å²) in [6.07, 6.45) is 6.89. The fourth-order valence-electron chi connectivity index (χ4n) is 4.39. The topological polar surface area (TPSA) is 75.6 Å². The van der Waals surface area contributed by atoms with E-state index in [0.29, 0.717) is 11.7 Å². The number of rotatable bonds is 8. The van der Waals surface area contributed by atoms with Crippen molar-refractivity contribution in [2.24, 2.45) is 11.8 Å². The summed E-state index contributed by atoms with van der Waals surface area (Å²) in [5, 5.41) is 21.0. The molecule has 4 aromatic rings. The van der Waals surface area contributed by atoms with Gasteiger partial charge in [0.05, 0.1) is 0 Å². The first-order valence-electron chi connectivity index (χ1n) is 11.4. The summed E-state index contributed by atoms with van der Waals surface area (Å²) in [6, 6.07) is 12.0. The van der Waals surface area contributed by atoms with E-state index in [1.54, 1.807) is 0 Å². The smallest absolute Gasteiger partial charge is 0.197 e. The molecule has 168 valence electrons. The van der Waals surface area contributed by atoms with Crippen LogP contribution in [0.3, 0.4) is 0 Å². The van der Waals surface area contributed by atoms with Crippen LogP contribution in [0.2, 0.25) is 0 Å².